The summed E-state index contributed by atoms with van der Waals surface area (Å²) in [5.41, 5.74) is 0.983. The SMILES string of the molecule is CN1CCN(C(C#N)c2ccc3c(c2)OCO3)CC1.Cl. The lowest BCUT2D eigenvalue weighted by Gasteiger charge is -2.35. The van der Waals surface area contributed by atoms with Crippen LogP contribution in [0.25, 0.3) is 0 Å². The van der Waals surface area contributed by atoms with Crippen LogP contribution in [0.1, 0.15) is 11.6 Å². The van der Waals surface area contributed by atoms with Gasteiger partial charge in [0.25, 0.3) is 0 Å². The number of benzene rings is 1. The highest BCUT2D eigenvalue weighted by atomic mass is 35.5. The lowest BCUT2D eigenvalue weighted by molar-refractivity contribution is 0.132. The average Bonchev–Trinajstić information content (AvgIpc) is 2.89. The van der Waals surface area contributed by atoms with Crippen LogP contribution in [-0.2, 0) is 0 Å². The van der Waals surface area contributed by atoms with Gasteiger partial charge in [0, 0.05) is 26.2 Å². The van der Waals surface area contributed by atoms with Gasteiger partial charge in [0.15, 0.2) is 11.5 Å². The van der Waals surface area contributed by atoms with Gasteiger partial charge in [-0.3, -0.25) is 4.90 Å². The van der Waals surface area contributed by atoms with Crippen molar-refractivity contribution in [1.82, 2.24) is 9.80 Å². The summed E-state index contributed by atoms with van der Waals surface area (Å²) in [5.74, 6) is 1.51. The number of rotatable bonds is 2. The first-order chi connectivity index (χ1) is 9.28. The van der Waals surface area contributed by atoms with Gasteiger partial charge in [0.05, 0.1) is 6.07 Å². The summed E-state index contributed by atoms with van der Waals surface area (Å²) in [6, 6.07) is 7.97. The third-order valence-corrected chi connectivity index (χ3v) is 3.74. The summed E-state index contributed by atoms with van der Waals surface area (Å²) >= 11 is 0. The standard InChI is InChI=1S/C14H17N3O2.ClH/c1-16-4-6-17(7-5-16)12(9-15)11-2-3-13-14(8-11)19-10-18-13;/h2-3,8,12H,4-7,10H2,1H3;1H. The van der Waals surface area contributed by atoms with Crippen molar-refractivity contribution < 1.29 is 9.47 Å². The summed E-state index contributed by atoms with van der Waals surface area (Å²) in [6.45, 7) is 4.11. The Morgan fingerprint density at radius 1 is 1.15 bits per heavy atom. The molecule has 0 spiro atoms. The molecule has 20 heavy (non-hydrogen) atoms. The Kier molecular flexibility index (Phi) is 4.71. The Morgan fingerprint density at radius 3 is 2.55 bits per heavy atom. The van der Waals surface area contributed by atoms with Crippen molar-refractivity contribution >= 4 is 12.4 Å². The van der Waals surface area contributed by atoms with E-state index in [-0.39, 0.29) is 25.2 Å². The number of fused-ring (bicyclic) bond motifs is 1. The van der Waals surface area contributed by atoms with Crippen molar-refractivity contribution in [2.75, 3.05) is 40.0 Å². The van der Waals surface area contributed by atoms with E-state index in [1.165, 1.54) is 0 Å². The molecule has 1 atom stereocenters. The van der Waals surface area contributed by atoms with Crippen LogP contribution in [0.2, 0.25) is 0 Å². The van der Waals surface area contributed by atoms with E-state index in [4.69, 9.17) is 9.47 Å². The van der Waals surface area contributed by atoms with E-state index in [2.05, 4.69) is 22.9 Å². The summed E-state index contributed by atoms with van der Waals surface area (Å²) in [6.07, 6.45) is 0. The second kappa shape index (κ2) is 6.31. The average molecular weight is 296 g/mol. The van der Waals surface area contributed by atoms with E-state index in [1.54, 1.807) is 0 Å². The van der Waals surface area contributed by atoms with Crippen molar-refractivity contribution in [2.45, 2.75) is 6.04 Å². The molecular weight excluding hydrogens is 278 g/mol. The van der Waals surface area contributed by atoms with E-state index in [1.807, 2.05) is 18.2 Å². The molecule has 2 heterocycles. The van der Waals surface area contributed by atoms with Gasteiger partial charge in [-0.1, -0.05) is 6.07 Å². The first-order valence-corrected chi connectivity index (χ1v) is 6.49. The molecular formula is C14H18ClN3O2. The molecule has 1 unspecified atom stereocenters. The third-order valence-electron chi connectivity index (χ3n) is 3.74. The fourth-order valence-electron chi connectivity index (χ4n) is 2.53. The smallest absolute Gasteiger partial charge is 0.231 e. The Balaban J connectivity index is 0.00000147. The van der Waals surface area contributed by atoms with Gasteiger partial charge in [0.2, 0.25) is 6.79 Å². The molecule has 0 saturated carbocycles. The molecule has 0 aliphatic carbocycles. The monoisotopic (exact) mass is 295 g/mol. The van der Waals surface area contributed by atoms with Crippen LogP contribution in [0.5, 0.6) is 11.5 Å². The molecule has 0 aromatic heterocycles. The molecule has 0 bridgehead atoms. The van der Waals surface area contributed by atoms with Crippen LogP contribution in [-0.4, -0.2) is 49.8 Å². The molecule has 3 rings (SSSR count). The van der Waals surface area contributed by atoms with Gasteiger partial charge in [-0.2, -0.15) is 5.26 Å². The number of nitriles is 1. The molecule has 6 heteroatoms. The van der Waals surface area contributed by atoms with Gasteiger partial charge in [-0.25, -0.2) is 0 Å². The summed E-state index contributed by atoms with van der Waals surface area (Å²) in [7, 11) is 2.11. The van der Waals surface area contributed by atoms with Crippen molar-refractivity contribution in [3.8, 4) is 17.6 Å². The normalized spacial score (nSPS) is 20.0. The van der Waals surface area contributed by atoms with Crippen molar-refractivity contribution in [3.05, 3.63) is 23.8 Å². The lowest BCUT2D eigenvalue weighted by atomic mass is 10.0. The van der Waals surface area contributed by atoms with Crippen LogP contribution < -0.4 is 9.47 Å². The molecule has 1 saturated heterocycles. The maximum atomic E-state index is 9.47. The number of piperazine rings is 1. The molecule has 0 radical (unpaired) electrons. The Bertz CT molecular complexity index is 510. The maximum absolute atomic E-state index is 9.47. The van der Waals surface area contributed by atoms with E-state index >= 15 is 0 Å². The first kappa shape index (κ1) is 14.9. The lowest BCUT2D eigenvalue weighted by Crippen LogP contribution is -2.45. The highest BCUT2D eigenvalue weighted by Crippen LogP contribution is 2.35. The zero-order valence-electron chi connectivity index (χ0n) is 11.4. The molecule has 5 nitrogen and oxygen atoms in total. The summed E-state index contributed by atoms with van der Waals surface area (Å²) in [5, 5.41) is 9.47. The zero-order chi connectivity index (χ0) is 13.2. The maximum Gasteiger partial charge on any atom is 0.231 e. The predicted octanol–water partition coefficient (Wildman–Crippen LogP) is 1.65. The van der Waals surface area contributed by atoms with Crippen molar-refractivity contribution in [1.29, 1.82) is 5.26 Å². The number of halogens is 1. The largest absolute Gasteiger partial charge is 0.454 e. The predicted molar refractivity (Wildman–Crippen MR) is 77.2 cm³/mol. The highest BCUT2D eigenvalue weighted by Gasteiger charge is 2.25. The van der Waals surface area contributed by atoms with E-state index in [0.29, 0.717) is 0 Å². The first-order valence-electron chi connectivity index (χ1n) is 6.49. The molecule has 1 fully saturated rings. The van der Waals surface area contributed by atoms with Crippen LogP contribution >= 0.6 is 12.4 Å². The van der Waals surface area contributed by atoms with Crippen LogP contribution in [0, 0.1) is 11.3 Å². The molecule has 0 N–H and O–H groups in total. The van der Waals surface area contributed by atoms with Crippen molar-refractivity contribution in [2.24, 2.45) is 0 Å². The minimum Gasteiger partial charge on any atom is -0.454 e. The molecule has 1 aromatic carbocycles. The molecule has 2 aliphatic heterocycles. The topological polar surface area (TPSA) is 48.7 Å². The van der Waals surface area contributed by atoms with E-state index in [0.717, 1.165) is 43.2 Å². The number of ether oxygens (including phenoxy) is 2. The second-order valence-corrected chi connectivity index (χ2v) is 4.98. The Hall–Kier alpha value is -1.48. The minimum atomic E-state index is -0.205. The Morgan fingerprint density at radius 2 is 1.85 bits per heavy atom. The van der Waals surface area contributed by atoms with E-state index in [9.17, 15) is 5.26 Å². The number of likely N-dealkylation sites (N-methyl/N-ethyl adjacent to an activating group) is 1. The summed E-state index contributed by atoms with van der Waals surface area (Å²) < 4.78 is 10.7. The quantitative estimate of drug-likeness (QED) is 0.830. The van der Waals surface area contributed by atoms with Gasteiger partial charge in [-0.15, -0.1) is 12.4 Å². The van der Waals surface area contributed by atoms with Crippen LogP contribution in [0.3, 0.4) is 0 Å². The number of nitrogens with zero attached hydrogens (tertiary/aromatic N) is 3. The zero-order valence-corrected chi connectivity index (χ0v) is 12.2. The highest BCUT2D eigenvalue weighted by molar-refractivity contribution is 5.85. The van der Waals surface area contributed by atoms with Gasteiger partial charge in [0.1, 0.15) is 6.04 Å². The fraction of sp³-hybridized carbons (Fsp3) is 0.500. The van der Waals surface area contributed by atoms with E-state index < -0.39 is 0 Å². The van der Waals surface area contributed by atoms with Gasteiger partial charge < -0.3 is 14.4 Å². The molecule has 0 amide bonds. The van der Waals surface area contributed by atoms with Crippen molar-refractivity contribution in [3.63, 3.8) is 0 Å². The minimum absolute atomic E-state index is 0. The molecule has 1 aromatic rings. The number of hydrogen-bond donors (Lipinski definition) is 0. The third kappa shape index (κ3) is 2.83. The second-order valence-electron chi connectivity index (χ2n) is 4.98. The number of hydrogen-bond acceptors (Lipinski definition) is 5. The summed E-state index contributed by atoms with van der Waals surface area (Å²) in [4.78, 5) is 4.50. The fourth-order valence-corrected chi connectivity index (χ4v) is 2.53. The van der Waals surface area contributed by atoms with Crippen LogP contribution in [0.4, 0.5) is 0 Å². The van der Waals surface area contributed by atoms with Gasteiger partial charge in [-0.05, 0) is 24.7 Å². The molecule has 2 aliphatic rings. The molecule has 108 valence electrons. The van der Waals surface area contributed by atoms with Gasteiger partial charge >= 0.3 is 0 Å². The Labute approximate surface area is 125 Å². The van der Waals surface area contributed by atoms with Crippen LogP contribution in [0.15, 0.2) is 18.2 Å².